The van der Waals surface area contributed by atoms with Gasteiger partial charge in [-0.3, -0.25) is 9.59 Å². The average molecular weight is 561 g/mol. The van der Waals surface area contributed by atoms with Gasteiger partial charge in [0.15, 0.2) is 5.78 Å². The van der Waals surface area contributed by atoms with Crippen LogP contribution in [0.1, 0.15) is 95.3 Å². The SMILES string of the molecule is C[C@H](CCC(=O)O)[C@H]1CC[C@H]2[C@@H]3[C@H](O)C[C@@H]4C[C@H](O)CC[C@]4(C)[C@H]3CC[C@]12C.O=C(CO)c1ccc(O)cc1O. The lowest BCUT2D eigenvalue weighted by Gasteiger charge is -2.62. The molecule has 0 heterocycles. The number of aliphatic hydroxyl groups is 3. The maximum absolute atomic E-state index is 11.2. The third-order valence-corrected chi connectivity index (χ3v) is 11.7. The van der Waals surface area contributed by atoms with Crippen LogP contribution in [0, 0.1) is 46.3 Å². The van der Waals surface area contributed by atoms with E-state index in [2.05, 4.69) is 20.8 Å². The zero-order valence-corrected chi connectivity index (χ0v) is 24.1. The molecule has 1 aromatic rings. The maximum atomic E-state index is 11.2. The molecule has 0 radical (unpaired) electrons. The van der Waals surface area contributed by atoms with Gasteiger partial charge in [-0.2, -0.15) is 0 Å². The van der Waals surface area contributed by atoms with Gasteiger partial charge in [0, 0.05) is 12.5 Å². The van der Waals surface area contributed by atoms with Crippen molar-refractivity contribution in [2.75, 3.05) is 6.61 Å². The average Bonchev–Trinajstić information content (AvgIpc) is 3.25. The second-order valence-corrected chi connectivity index (χ2v) is 13.6. The molecule has 40 heavy (non-hydrogen) atoms. The Morgan fingerprint density at radius 3 is 2.30 bits per heavy atom. The first-order valence-corrected chi connectivity index (χ1v) is 15.1. The largest absolute Gasteiger partial charge is 0.508 e. The first-order chi connectivity index (χ1) is 18.8. The Morgan fingerprint density at radius 1 is 0.975 bits per heavy atom. The van der Waals surface area contributed by atoms with Crippen molar-refractivity contribution < 1.29 is 40.2 Å². The fourth-order valence-corrected chi connectivity index (χ4v) is 9.57. The minimum absolute atomic E-state index is 0.00954. The molecular weight excluding hydrogens is 512 g/mol. The van der Waals surface area contributed by atoms with Gasteiger partial charge >= 0.3 is 5.97 Å². The van der Waals surface area contributed by atoms with Gasteiger partial charge in [-0.05, 0) is 116 Å². The van der Waals surface area contributed by atoms with Gasteiger partial charge in [-0.25, -0.2) is 0 Å². The van der Waals surface area contributed by atoms with Crippen LogP contribution in [-0.2, 0) is 4.79 Å². The first-order valence-electron chi connectivity index (χ1n) is 15.1. The highest BCUT2D eigenvalue weighted by Gasteiger charge is 2.62. The van der Waals surface area contributed by atoms with Crippen LogP contribution in [0.2, 0.25) is 0 Å². The second-order valence-electron chi connectivity index (χ2n) is 13.6. The molecule has 8 heteroatoms. The van der Waals surface area contributed by atoms with Gasteiger partial charge < -0.3 is 30.6 Å². The Kier molecular flexibility index (Phi) is 9.22. The van der Waals surface area contributed by atoms with Crippen molar-refractivity contribution in [3.8, 4) is 11.5 Å². The van der Waals surface area contributed by atoms with Crippen LogP contribution < -0.4 is 0 Å². The third-order valence-electron chi connectivity index (χ3n) is 11.7. The highest BCUT2D eigenvalue weighted by atomic mass is 16.4. The molecule has 4 aliphatic carbocycles. The zero-order chi connectivity index (χ0) is 29.4. The smallest absolute Gasteiger partial charge is 0.303 e. The number of ketones is 1. The van der Waals surface area contributed by atoms with Gasteiger partial charge in [-0.1, -0.05) is 20.8 Å². The van der Waals surface area contributed by atoms with Crippen LogP contribution in [0.3, 0.4) is 0 Å². The number of aliphatic hydroxyl groups excluding tert-OH is 3. The predicted molar refractivity (Wildman–Crippen MR) is 150 cm³/mol. The number of fused-ring (bicyclic) bond motifs is 5. The van der Waals surface area contributed by atoms with E-state index in [1.807, 2.05) is 0 Å². The number of aliphatic carboxylic acids is 1. The number of carboxylic acid groups (broad SMARTS) is 1. The summed E-state index contributed by atoms with van der Waals surface area (Å²) in [4.78, 5) is 21.9. The Labute approximate surface area is 237 Å². The van der Waals surface area contributed by atoms with E-state index in [9.17, 15) is 19.8 Å². The topological polar surface area (TPSA) is 156 Å². The molecule has 4 aliphatic rings. The van der Waals surface area contributed by atoms with E-state index >= 15 is 0 Å². The van der Waals surface area contributed by atoms with E-state index in [1.54, 1.807) is 0 Å². The van der Waals surface area contributed by atoms with E-state index in [4.69, 9.17) is 20.4 Å². The first kappa shape index (κ1) is 30.8. The predicted octanol–water partition coefficient (Wildman–Crippen LogP) is 4.75. The van der Waals surface area contributed by atoms with Gasteiger partial charge in [0.25, 0.3) is 0 Å². The summed E-state index contributed by atoms with van der Waals surface area (Å²) < 4.78 is 0. The van der Waals surface area contributed by atoms with Crippen molar-refractivity contribution in [2.45, 2.75) is 97.2 Å². The quantitative estimate of drug-likeness (QED) is 0.272. The molecule has 0 spiro atoms. The molecule has 4 fully saturated rings. The Bertz CT molecular complexity index is 1070. The minimum Gasteiger partial charge on any atom is -0.508 e. The van der Waals surface area contributed by atoms with Crippen LogP contribution in [0.4, 0.5) is 0 Å². The fraction of sp³-hybridized carbons (Fsp3) is 0.750. The summed E-state index contributed by atoms with van der Waals surface area (Å²) in [5, 5.41) is 57.0. The van der Waals surface area contributed by atoms with E-state index in [1.165, 1.54) is 37.8 Å². The molecule has 6 N–H and O–H groups in total. The molecule has 0 saturated heterocycles. The van der Waals surface area contributed by atoms with Crippen molar-refractivity contribution in [3.05, 3.63) is 23.8 Å². The van der Waals surface area contributed by atoms with E-state index in [0.717, 1.165) is 38.2 Å². The molecule has 224 valence electrons. The van der Waals surface area contributed by atoms with Crippen molar-refractivity contribution in [2.24, 2.45) is 46.3 Å². The lowest BCUT2D eigenvalue weighted by Crippen LogP contribution is -2.58. The molecular formula is C32H48O8. The van der Waals surface area contributed by atoms with E-state index < -0.39 is 18.4 Å². The van der Waals surface area contributed by atoms with Gasteiger partial charge in [0.05, 0.1) is 17.8 Å². The summed E-state index contributed by atoms with van der Waals surface area (Å²) >= 11 is 0. The van der Waals surface area contributed by atoms with E-state index in [0.29, 0.717) is 35.5 Å². The summed E-state index contributed by atoms with van der Waals surface area (Å²) in [6.07, 6.45) is 9.19. The van der Waals surface area contributed by atoms with Crippen molar-refractivity contribution in [1.82, 2.24) is 0 Å². The molecule has 0 unspecified atom stereocenters. The van der Waals surface area contributed by atoms with Crippen LogP contribution in [-0.4, -0.2) is 61.2 Å². The normalized spacial score (nSPS) is 39.1. The fourth-order valence-electron chi connectivity index (χ4n) is 9.57. The molecule has 0 aromatic heterocycles. The molecule has 0 bridgehead atoms. The monoisotopic (exact) mass is 560 g/mol. The number of Topliss-reactive ketones (excluding diaryl/α,β-unsaturated/α-hetero) is 1. The molecule has 4 saturated carbocycles. The van der Waals surface area contributed by atoms with Crippen molar-refractivity contribution in [1.29, 1.82) is 0 Å². The van der Waals surface area contributed by atoms with Crippen LogP contribution in [0.25, 0.3) is 0 Å². The van der Waals surface area contributed by atoms with Crippen molar-refractivity contribution >= 4 is 11.8 Å². The number of hydrogen-bond donors (Lipinski definition) is 6. The number of rotatable bonds is 6. The summed E-state index contributed by atoms with van der Waals surface area (Å²) in [7, 11) is 0. The van der Waals surface area contributed by atoms with Crippen LogP contribution in [0.5, 0.6) is 11.5 Å². The second kappa shape index (κ2) is 12.0. The number of carbonyl (C=O) groups is 2. The molecule has 1 aromatic carbocycles. The number of phenols is 2. The summed E-state index contributed by atoms with van der Waals surface area (Å²) in [6, 6.07) is 3.56. The highest BCUT2D eigenvalue weighted by molar-refractivity contribution is 5.99. The molecule has 10 atom stereocenters. The van der Waals surface area contributed by atoms with Gasteiger partial charge in [-0.15, -0.1) is 0 Å². The number of phenolic OH excluding ortho intramolecular Hbond substituents is 2. The number of benzene rings is 1. The summed E-state index contributed by atoms with van der Waals surface area (Å²) in [5.74, 6) is 1.33. The Hall–Kier alpha value is -2.16. The van der Waals surface area contributed by atoms with E-state index in [-0.39, 0.29) is 46.5 Å². The highest BCUT2D eigenvalue weighted by Crippen LogP contribution is 2.68. The Morgan fingerprint density at radius 2 is 1.65 bits per heavy atom. The maximum Gasteiger partial charge on any atom is 0.303 e. The number of carboxylic acids is 1. The summed E-state index contributed by atoms with van der Waals surface area (Å²) in [5.41, 5.74) is 0.532. The molecule has 0 amide bonds. The standard InChI is InChI=1S/C24H40O4.C8H8O4/c1-14(4-7-21(27)28)17-5-6-18-22-19(9-11-24(17,18)3)23(2)10-8-16(25)12-15(23)13-20(22)26;9-4-8(12)6-2-1-5(10)3-7(6)11/h14-20,22,25-26H,4-13H2,1-3H3,(H,27,28);1-3,9-11H,4H2/t14-,15+,16-,17-,18+,19+,20-,22+,23+,24-;/m1./s1. The lowest BCUT2D eigenvalue weighted by molar-refractivity contribution is -0.174. The van der Waals surface area contributed by atoms with Crippen LogP contribution in [0.15, 0.2) is 18.2 Å². The number of carbonyl (C=O) groups excluding carboxylic acids is 1. The number of aromatic hydroxyl groups is 2. The van der Waals surface area contributed by atoms with Crippen LogP contribution >= 0.6 is 0 Å². The molecule has 5 rings (SSSR count). The zero-order valence-electron chi connectivity index (χ0n) is 24.1. The van der Waals surface area contributed by atoms with Crippen molar-refractivity contribution in [3.63, 3.8) is 0 Å². The molecule has 8 nitrogen and oxygen atoms in total. The lowest BCUT2D eigenvalue weighted by atomic mass is 9.43. The van der Waals surface area contributed by atoms with Gasteiger partial charge in [0.1, 0.15) is 18.1 Å². The third kappa shape index (κ3) is 5.77. The minimum atomic E-state index is -0.684. The molecule has 0 aliphatic heterocycles. The Balaban J connectivity index is 0.000000259. The number of hydrogen-bond acceptors (Lipinski definition) is 7. The van der Waals surface area contributed by atoms with Gasteiger partial charge in [0.2, 0.25) is 0 Å². The summed E-state index contributed by atoms with van der Waals surface area (Å²) in [6.45, 7) is 6.51.